The maximum atomic E-state index is 12.2. The van der Waals surface area contributed by atoms with Gasteiger partial charge in [-0.05, 0) is 57.5 Å². The summed E-state index contributed by atoms with van der Waals surface area (Å²) in [5, 5.41) is 7.53. The average molecular weight is 395 g/mol. The predicted molar refractivity (Wildman–Crippen MR) is 109 cm³/mol. The number of anilines is 2. The standard InChI is InChI=1S/C21H25N5O3/c1-3-28-21(27)18-17-19(22-14(2)23-20(17)29-25-18)24-16-9-7-15(8-10-16)13-26-11-5-4-6-12-26/h7-10H,3-6,11-13H2,1-2H3,(H,22,23,24). The number of esters is 1. The van der Waals surface area contributed by atoms with Gasteiger partial charge >= 0.3 is 5.97 Å². The van der Waals surface area contributed by atoms with Crippen LogP contribution in [0.4, 0.5) is 11.5 Å². The summed E-state index contributed by atoms with van der Waals surface area (Å²) < 4.78 is 10.3. The molecular formula is C21H25N5O3. The fourth-order valence-electron chi connectivity index (χ4n) is 3.60. The summed E-state index contributed by atoms with van der Waals surface area (Å²) in [6, 6.07) is 8.25. The molecule has 3 heterocycles. The Morgan fingerprint density at radius 3 is 2.66 bits per heavy atom. The molecule has 152 valence electrons. The highest BCUT2D eigenvalue weighted by Crippen LogP contribution is 2.28. The zero-order valence-electron chi connectivity index (χ0n) is 16.8. The van der Waals surface area contributed by atoms with Crippen LogP contribution in [0.3, 0.4) is 0 Å². The maximum Gasteiger partial charge on any atom is 0.361 e. The Morgan fingerprint density at radius 1 is 1.17 bits per heavy atom. The Bertz CT molecular complexity index is 993. The number of carbonyl (C=O) groups excluding carboxylic acids is 1. The first-order valence-electron chi connectivity index (χ1n) is 10.0. The summed E-state index contributed by atoms with van der Waals surface area (Å²) in [6.07, 6.45) is 3.90. The maximum absolute atomic E-state index is 12.2. The van der Waals surface area contributed by atoms with Gasteiger partial charge in [0.1, 0.15) is 17.0 Å². The number of carbonyl (C=O) groups is 1. The Labute approximate surface area is 169 Å². The molecule has 0 spiro atoms. The molecule has 1 saturated heterocycles. The highest BCUT2D eigenvalue weighted by Gasteiger charge is 2.23. The van der Waals surface area contributed by atoms with Gasteiger partial charge < -0.3 is 14.6 Å². The lowest BCUT2D eigenvalue weighted by molar-refractivity contribution is 0.0517. The van der Waals surface area contributed by atoms with Crippen LogP contribution in [0.25, 0.3) is 11.1 Å². The summed E-state index contributed by atoms with van der Waals surface area (Å²) in [7, 11) is 0. The molecule has 3 aromatic rings. The van der Waals surface area contributed by atoms with Crippen LogP contribution in [-0.2, 0) is 11.3 Å². The van der Waals surface area contributed by atoms with Gasteiger partial charge in [-0.25, -0.2) is 9.78 Å². The predicted octanol–water partition coefficient (Wildman–Crippen LogP) is 3.83. The highest BCUT2D eigenvalue weighted by molar-refractivity contribution is 6.05. The van der Waals surface area contributed by atoms with Crippen molar-refractivity contribution >= 4 is 28.6 Å². The molecule has 0 bridgehead atoms. The summed E-state index contributed by atoms with van der Waals surface area (Å²) >= 11 is 0. The molecule has 1 N–H and O–H groups in total. The van der Waals surface area contributed by atoms with Crippen LogP contribution in [0.1, 0.15) is 48.1 Å². The van der Waals surface area contributed by atoms with Crippen molar-refractivity contribution in [3.8, 4) is 0 Å². The van der Waals surface area contributed by atoms with Gasteiger partial charge in [0.05, 0.1) is 6.61 Å². The van der Waals surface area contributed by atoms with Crippen LogP contribution in [-0.4, -0.2) is 45.7 Å². The Hall–Kier alpha value is -3.00. The molecule has 4 rings (SSSR count). The number of piperidine rings is 1. The van der Waals surface area contributed by atoms with Gasteiger partial charge in [-0.1, -0.05) is 23.7 Å². The third-order valence-corrected chi connectivity index (χ3v) is 4.99. The van der Waals surface area contributed by atoms with Crippen LogP contribution in [0.2, 0.25) is 0 Å². The van der Waals surface area contributed by atoms with E-state index in [0.29, 0.717) is 17.0 Å². The Kier molecular flexibility index (Phi) is 5.71. The first kappa shape index (κ1) is 19.3. The number of ether oxygens (including phenoxy) is 1. The van der Waals surface area contributed by atoms with Crippen LogP contribution >= 0.6 is 0 Å². The van der Waals surface area contributed by atoms with Crippen LogP contribution in [0.5, 0.6) is 0 Å². The molecule has 0 saturated carbocycles. The number of hydrogen-bond acceptors (Lipinski definition) is 8. The van der Waals surface area contributed by atoms with Gasteiger partial charge in [0.25, 0.3) is 5.71 Å². The summed E-state index contributed by atoms with van der Waals surface area (Å²) in [6.45, 7) is 7.06. The molecule has 0 atom stereocenters. The van der Waals surface area contributed by atoms with E-state index in [1.165, 1.54) is 37.9 Å². The van der Waals surface area contributed by atoms with E-state index in [0.717, 1.165) is 12.2 Å². The van der Waals surface area contributed by atoms with Crippen LogP contribution in [0, 0.1) is 6.92 Å². The monoisotopic (exact) mass is 395 g/mol. The Morgan fingerprint density at radius 2 is 1.93 bits per heavy atom. The second kappa shape index (κ2) is 8.57. The van der Waals surface area contributed by atoms with Gasteiger partial charge in [0, 0.05) is 12.2 Å². The second-order valence-electron chi connectivity index (χ2n) is 7.21. The summed E-state index contributed by atoms with van der Waals surface area (Å²) in [4.78, 5) is 23.4. The van der Waals surface area contributed by atoms with E-state index in [9.17, 15) is 4.79 Å². The topological polar surface area (TPSA) is 93.4 Å². The summed E-state index contributed by atoms with van der Waals surface area (Å²) in [5.74, 6) is 0.437. The van der Waals surface area contributed by atoms with E-state index in [-0.39, 0.29) is 18.0 Å². The van der Waals surface area contributed by atoms with Gasteiger partial charge in [-0.2, -0.15) is 4.98 Å². The molecule has 0 radical (unpaired) electrons. The lowest BCUT2D eigenvalue weighted by Gasteiger charge is -2.26. The Balaban J connectivity index is 1.56. The first-order chi connectivity index (χ1) is 14.1. The molecule has 0 unspecified atom stereocenters. The quantitative estimate of drug-likeness (QED) is 0.630. The molecule has 1 aliphatic rings. The van der Waals surface area contributed by atoms with Gasteiger partial charge in [-0.15, -0.1) is 0 Å². The minimum atomic E-state index is -0.557. The largest absolute Gasteiger partial charge is 0.461 e. The average Bonchev–Trinajstić information content (AvgIpc) is 3.14. The second-order valence-corrected chi connectivity index (χ2v) is 7.21. The number of likely N-dealkylation sites (tertiary alicyclic amines) is 1. The van der Waals surface area contributed by atoms with Gasteiger partial charge in [0.15, 0.2) is 0 Å². The minimum Gasteiger partial charge on any atom is -0.461 e. The molecule has 2 aromatic heterocycles. The SMILES string of the molecule is CCOC(=O)c1noc2nc(C)nc(Nc3ccc(CN4CCCCC4)cc3)c12. The van der Waals surface area contributed by atoms with E-state index in [1.54, 1.807) is 13.8 Å². The highest BCUT2D eigenvalue weighted by atomic mass is 16.5. The molecule has 8 heteroatoms. The molecule has 1 aromatic carbocycles. The smallest absolute Gasteiger partial charge is 0.361 e. The van der Waals surface area contributed by atoms with E-state index in [1.807, 2.05) is 12.1 Å². The lowest BCUT2D eigenvalue weighted by Crippen LogP contribution is -2.29. The number of hydrogen-bond donors (Lipinski definition) is 1. The molecule has 1 fully saturated rings. The molecular weight excluding hydrogens is 370 g/mol. The third kappa shape index (κ3) is 4.37. The number of aromatic nitrogens is 3. The van der Waals surface area contributed by atoms with Crippen molar-refractivity contribution < 1.29 is 14.1 Å². The first-order valence-corrected chi connectivity index (χ1v) is 10.0. The zero-order valence-corrected chi connectivity index (χ0v) is 16.8. The number of fused-ring (bicyclic) bond motifs is 1. The number of nitrogens with zero attached hydrogens (tertiary/aromatic N) is 4. The molecule has 8 nitrogen and oxygen atoms in total. The van der Waals surface area contributed by atoms with E-state index in [2.05, 4.69) is 37.5 Å². The number of nitrogens with one attached hydrogen (secondary N) is 1. The number of aryl methyl sites for hydroxylation is 1. The molecule has 1 aliphatic heterocycles. The van der Waals surface area contributed by atoms with Crippen molar-refractivity contribution in [1.82, 2.24) is 20.0 Å². The van der Waals surface area contributed by atoms with Crippen molar-refractivity contribution in [2.75, 3.05) is 25.0 Å². The van der Waals surface area contributed by atoms with Crippen molar-refractivity contribution in [1.29, 1.82) is 0 Å². The fraction of sp³-hybridized carbons (Fsp3) is 0.429. The minimum absolute atomic E-state index is 0.0751. The van der Waals surface area contributed by atoms with Gasteiger partial charge in [0.2, 0.25) is 5.69 Å². The molecule has 0 aliphatic carbocycles. The van der Waals surface area contributed by atoms with Crippen molar-refractivity contribution in [3.63, 3.8) is 0 Å². The van der Waals surface area contributed by atoms with Crippen molar-refractivity contribution in [2.24, 2.45) is 0 Å². The zero-order chi connectivity index (χ0) is 20.2. The third-order valence-electron chi connectivity index (χ3n) is 4.99. The molecule has 29 heavy (non-hydrogen) atoms. The fourth-order valence-corrected chi connectivity index (χ4v) is 3.60. The summed E-state index contributed by atoms with van der Waals surface area (Å²) in [5.41, 5.74) is 2.47. The number of benzene rings is 1. The van der Waals surface area contributed by atoms with E-state index >= 15 is 0 Å². The van der Waals surface area contributed by atoms with E-state index < -0.39 is 5.97 Å². The van der Waals surface area contributed by atoms with Crippen molar-refractivity contribution in [3.05, 3.63) is 41.3 Å². The number of rotatable bonds is 6. The lowest BCUT2D eigenvalue weighted by atomic mass is 10.1. The van der Waals surface area contributed by atoms with Crippen LogP contribution < -0.4 is 5.32 Å². The van der Waals surface area contributed by atoms with Gasteiger partial charge in [-0.3, -0.25) is 4.90 Å². The van der Waals surface area contributed by atoms with E-state index in [4.69, 9.17) is 9.26 Å². The molecule has 0 amide bonds. The van der Waals surface area contributed by atoms with Crippen LogP contribution in [0.15, 0.2) is 28.8 Å². The van der Waals surface area contributed by atoms with Crippen molar-refractivity contribution in [2.45, 2.75) is 39.7 Å². The normalized spacial score (nSPS) is 14.8.